The Kier molecular flexibility index (Phi) is 6.89. The summed E-state index contributed by atoms with van der Waals surface area (Å²) in [6.45, 7) is 6.38. The summed E-state index contributed by atoms with van der Waals surface area (Å²) in [6.07, 6.45) is 1.77. The molecule has 2 amide bonds. The summed E-state index contributed by atoms with van der Waals surface area (Å²) >= 11 is 6.11. The predicted molar refractivity (Wildman–Crippen MR) is 102 cm³/mol. The lowest BCUT2D eigenvalue weighted by Crippen LogP contribution is -2.28. The third-order valence-corrected chi connectivity index (χ3v) is 4.09. The van der Waals surface area contributed by atoms with Crippen molar-refractivity contribution in [3.05, 3.63) is 47.1 Å². The van der Waals surface area contributed by atoms with E-state index in [0.29, 0.717) is 23.0 Å². The predicted octanol–water partition coefficient (Wildman–Crippen LogP) is 3.91. The van der Waals surface area contributed by atoms with E-state index in [4.69, 9.17) is 16.3 Å². The maximum Gasteiger partial charge on any atom is 0.319 e. The molecule has 6 nitrogen and oxygen atoms in total. The first-order chi connectivity index (χ1) is 12.1. The highest BCUT2D eigenvalue weighted by Gasteiger charge is 2.07. The van der Waals surface area contributed by atoms with Gasteiger partial charge in [-0.25, -0.2) is 9.78 Å². The molecule has 1 heterocycles. The van der Waals surface area contributed by atoms with Crippen molar-refractivity contribution in [2.24, 2.45) is 0 Å². The van der Waals surface area contributed by atoms with E-state index in [2.05, 4.69) is 34.4 Å². The van der Waals surface area contributed by atoms with Gasteiger partial charge in [0.2, 0.25) is 0 Å². The number of carbonyl (C=O) groups excluding carboxylic acids is 1. The number of halogens is 1. The van der Waals surface area contributed by atoms with E-state index < -0.39 is 0 Å². The van der Waals surface area contributed by atoms with Crippen LogP contribution in [-0.4, -0.2) is 31.2 Å². The normalized spacial score (nSPS) is 10.2. The average Bonchev–Trinajstić information content (AvgIpc) is 2.63. The summed E-state index contributed by atoms with van der Waals surface area (Å²) in [5.41, 5.74) is 1.45. The molecule has 0 aliphatic heterocycles. The minimum absolute atomic E-state index is 0.333. The number of pyridine rings is 1. The van der Waals surface area contributed by atoms with Crippen LogP contribution in [0, 0.1) is 0 Å². The Balaban J connectivity index is 1.89. The molecule has 0 spiro atoms. The standard InChI is InChI=1S/C18H23ClN4O2/c1-4-23(5-2)17-9-6-13(11-20-17)12-21-18(24)22-16-8-7-14(25-3)10-15(16)19/h6-11H,4-5,12H2,1-3H3,(H2,21,22,24). The molecule has 25 heavy (non-hydrogen) atoms. The quantitative estimate of drug-likeness (QED) is 0.783. The van der Waals surface area contributed by atoms with Crippen LogP contribution in [0.25, 0.3) is 0 Å². The molecule has 0 saturated carbocycles. The smallest absolute Gasteiger partial charge is 0.319 e. The van der Waals surface area contributed by atoms with Crippen molar-refractivity contribution in [2.45, 2.75) is 20.4 Å². The summed E-state index contributed by atoms with van der Waals surface area (Å²) < 4.78 is 5.08. The summed E-state index contributed by atoms with van der Waals surface area (Å²) in [7, 11) is 1.56. The van der Waals surface area contributed by atoms with Crippen LogP contribution in [0.5, 0.6) is 5.75 Å². The van der Waals surface area contributed by atoms with Crippen LogP contribution >= 0.6 is 11.6 Å². The van der Waals surface area contributed by atoms with Gasteiger partial charge in [0.15, 0.2) is 0 Å². The van der Waals surface area contributed by atoms with Crippen LogP contribution in [0.15, 0.2) is 36.5 Å². The van der Waals surface area contributed by atoms with E-state index in [-0.39, 0.29) is 6.03 Å². The summed E-state index contributed by atoms with van der Waals surface area (Å²) in [6, 6.07) is 8.66. The van der Waals surface area contributed by atoms with Crippen molar-refractivity contribution in [2.75, 3.05) is 30.4 Å². The second kappa shape index (κ2) is 9.13. The first kappa shape index (κ1) is 18.9. The van der Waals surface area contributed by atoms with Gasteiger partial charge >= 0.3 is 6.03 Å². The highest BCUT2D eigenvalue weighted by atomic mass is 35.5. The number of hydrogen-bond acceptors (Lipinski definition) is 4. The molecule has 0 radical (unpaired) electrons. The molecule has 0 unspecified atom stereocenters. The SMILES string of the molecule is CCN(CC)c1ccc(CNC(=O)Nc2ccc(OC)cc2Cl)cn1. The van der Waals surface area contributed by atoms with Gasteiger partial charge in [-0.1, -0.05) is 17.7 Å². The zero-order chi connectivity index (χ0) is 18.2. The number of ether oxygens (including phenoxy) is 1. The number of benzene rings is 1. The fraction of sp³-hybridized carbons (Fsp3) is 0.333. The second-order valence-corrected chi connectivity index (χ2v) is 5.76. The number of hydrogen-bond donors (Lipinski definition) is 2. The molecule has 134 valence electrons. The topological polar surface area (TPSA) is 66.5 Å². The summed E-state index contributed by atoms with van der Waals surface area (Å²) in [5, 5.41) is 5.92. The number of methoxy groups -OCH3 is 1. The Morgan fingerprint density at radius 1 is 1.24 bits per heavy atom. The van der Waals surface area contributed by atoms with Gasteiger partial charge in [0.1, 0.15) is 11.6 Å². The van der Waals surface area contributed by atoms with Crippen molar-refractivity contribution in [1.29, 1.82) is 0 Å². The number of urea groups is 1. The van der Waals surface area contributed by atoms with E-state index in [1.54, 1.807) is 31.5 Å². The van der Waals surface area contributed by atoms with Gasteiger partial charge < -0.3 is 20.3 Å². The monoisotopic (exact) mass is 362 g/mol. The summed E-state index contributed by atoms with van der Waals surface area (Å²) in [4.78, 5) is 18.6. The molecule has 2 aromatic rings. The number of nitrogens with zero attached hydrogens (tertiary/aromatic N) is 2. The van der Waals surface area contributed by atoms with E-state index in [1.807, 2.05) is 12.1 Å². The molecule has 0 aliphatic rings. The molecule has 1 aromatic heterocycles. The molecule has 2 rings (SSSR count). The lowest BCUT2D eigenvalue weighted by molar-refractivity contribution is 0.251. The Bertz CT molecular complexity index is 703. The van der Waals surface area contributed by atoms with E-state index >= 15 is 0 Å². The Labute approximate surface area is 153 Å². The molecular formula is C18H23ClN4O2. The fourth-order valence-electron chi connectivity index (χ4n) is 2.33. The van der Waals surface area contributed by atoms with Gasteiger partial charge in [-0.05, 0) is 37.6 Å². The molecule has 0 atom stereocenters. The van der Waals surface area contributed by atoms with E-state index in [1.165, 1.54) is 0 Å². The van der Waals surface area contributed by atoms with Crippen molar-refractivity contribution in [1.82, 2.24) is 10.3 Å². The lowest BCUT2D eigenvalue weighted by Gasteiger charge is -2.19. The highest BCUT2D eigenvalue weighted by Crippen LogP contribution is 2.26. The third kappa shape index (κ3) is 5.26. The van der Waals surface area contributed by atoms with Gasteiger partial charge in [0.05, 0.1) is 17.8 Å². The zero-order valence-corrected chi connectivity index (χ0v) is 15.4. The number of amides is 2. The maximum atomic E-state index is 12.0. The van der Waals surface area contributed by atoms with Crippen LogP contribution < -0.4 is 20.3 Å². The molecule has 0 saturated heterocycles. The highest BCUT2D eigenvalue weighted by molar-refractivity contribution is 6.33. The lowest BCUT2D eigenvalue weighted by atomic mass is 10.2. The van der Waals surface area contributed by atoms with Gasteiger partial charge in [-0.2, -0.15) is 0 Å². The van der Waals surface area contributed by atoms with Crippen LogP contribution in [0.3, 0.4) is 0 Å². The first-order valence-corrected chi connectivity index (χ1v) is 8.53. The zero-order valence-electron chi connectivity index (χ0n) is 14.7. The fourth-order valence-corrected chi connectivity index (χ4v) is 2.55. The molecule has 7 heteroatoms. The van der Waals surface area contributed by atoms with Crippen LogP contribution in [0.4, 0.5) is 16.3 Å². The third-order valence-electron chi connectivity index (χ3n) is 3.77. The molecule has 2 N–H and O–H groups in total. The van der Waals surface area contributed by atoms with Gasteiger partial charge in [-0.15, -0.1) is 0 Å². The molecule has 0 bridgehead atoms. The first-order valence-electron chi connectivity index (χ1n) is 8.15. The molecule has 1 aromatic carbocycles. The minimum Gasteiger partial charge on any atom is -0.497 e. The average molecular weight is 363 g/mol. The number of aromatic nitrogens is 1. The molecule has 0 aliphatic carbocycles. The second-order valence-electron chi connectivity index (χ2n) is 5.35. The number of rotatable bonds is 7. The van der Waals surface area contributed by atoms with E-state index in [0.717, 1.165) is 24.5 Å². The van der Waals surface area contributed by atoms with Crippen molar-refractivity contribution < 1.29 is 9.53 Å². The van der Waals surface area contributed by atoms with Crippen molar-refractivity contribution >= 4 is 29.1 Å². The minimum atomic E-state index is -0.333. The Hall–Kier alpha value is -2.47. The molecular weight excluding hydrogens is 340 g/mol. The van der Waals surface area contributed by atoms with Crippen LogP contribution in [0.1, 0.15) is 19.4 Å². The maximum absolute atomic E-state index is 12.0. The van der Waals surface area contributed by atoms with Crippen LogP contribution in [0.2, 0.25) is 5.02 Å². The number of nitrogens with one attached hydrogen (secondary N) is 2. The van der Waals surface area contributed by atoms with Gasteiger partial charge in [-0.3, -0.25) is 0 Å². The molecule has 0 fully saturated rings. The van der Waals surface area contributed by atoms with Gasteiger partial charge in [0.25, 0.3) is 0 Å². The van der Waals surface area contributed by atoms with Crippen LogP contribution in [-0.2, 0) is 6.54 Å². The van der Waals surface area contributed by atoms with Gasteiger partial charge in [0, 0.05) is 31.9 Å². The van der Waals surface area contributed by atoms with Crippen molar-refractivity contribution in [3.63, 3.8) is 0 Å². The Morgan fingerprint density at radius 2 is 2.00 bits per heavy atom. The van der Waals surface area contributed by atoms with Crippen molar-refractivity contribution in [3.8, 4) is 5.75 Å². The Morgan fingerprint density at radius 3 is 2.56 bits per heavy atom. The van der Waals surface area contributed by atoms with E-state index in [9.17, 15) is 4.79 Å². The number of anilines is 2. The largest absolute Gasteiger partial charge is 0.497 e. The summed E-state index contributed by atoms with van der Waals surface area (Å²) in [5.74, 6) is 1.57. The number of carbonyl (C=O) groups is 1.